The molecule has 0 spiro atoms. The van der Waals surface area contributed by atoms with Crippen LogP contribution in [0.4, 0.5) is 10.0 Å². The van der Waals surface area contributed by atoms with Gasteiger partial charge in [-0.1, -0.05) is 47.5 Å². The van der Waals surface area contributed by atoms with Crippen LogP contribution >= 0.6 is 45.9 Å². The molecule has 2 aromatic carbocycles. The Hall–Kier alpha value is -5.02. The van der Waals surface area contributed by atoms with Crippen LogP contribution in [0.2, 0.25) is 10.0 Å². The molecular formula is C40H42Cl2N8O4S2. The fourth-order valence-electron chi connectivity index (χ4n) is 5.87. The van der Waals surface area contributed by atoms with Crippen LogP contribution < -0.4 is 21.7 Å². The van der Waals surface area contributed by atoms with E-state index in [1.54, 1.807) is 22.7 Å². The van der Waals surface area contributed by atoms with Gasteiger partial charge in [0.25, 0.3) is 0 Å². The Morgan fingerprint density at radius 2 is 0.929 bits per heavy atom. The van der Waals surface area contributed by atoms with Gasteiger partial charge in [-0.05, 0) is 76.9 Å². The normalized spacial score (nSPS) is 15.8. The Morgan fingerprint density at radius 3 is 1.23 bits per heavy atom. The number of fused-ring (bicyclic) bond motifs is 2. The van der Waals surface area contributed by atoms with E-state index in [9.17, 15) is 19.2 Å². The van der Waals surface area contributed by atoms with Crippen LogP contribution in [0.15, 0.2) is 68.5 Å². The van der Waals surface area contributed by atoms with E-state index in [4.69, 9.17) is 43.2 Å². The van der Waals surface area contributed by atoms with Crippen LogP contribution in [-0.2, 0) is 19.2 Å². The van der Waals surface area contributed by atoms with Crippen molar-refractivity contribution in [3.8, 4) is 0 Å². The Labute approximate surface area is 343 Å². The second kappa shape index (κ2) is 18.3. The molecule has 292 valence electrons. The number of hydrogen-bond donors (Lipinski definition) is 4. The highest BCUT2D eigenvalue weighted by molar-refractivity contribution is 7.16. The molecule has 0 bridgehead atoms. The molecule has 0 fully saturated rings. The molecule has 12 nitrogen and oxygen atoms in total. The first-order chi connectivity index (χ1) is 26.5. The molecule has 2 amide bonds. The maximum Gasteiger partial charge on any atom is 0.235 e. The van der Waals surface area contributed by atoms with Gasteiger partial charge < -0.3 is 0 Å². The largest absolute Gasteiger partial charge is 0.300 e. The van der Waals surface area contributed by atoms with Crippen LogP contribution in [-0.4, -0.2) is 58.6 Å². The van der Waals surface area contributed by atoms with Gasteiger partial charge >= 0.3 is 0 Å². The summed E-state index contributed by atoms with van der Waals surface area (Å²) in [5.74, 6) is 0.344. The molecule has 2 atom stereocenters. The first-order valence-corrected chi connectivity index (χ1v) is 20.0. The second-order valence-electron chi connectivity index (χ2n) is 13.3. The number of halogens is 2. The molecule has 0 radical (unpaired) electrons. The molecule has 4 heterocycles. The number of nitrogens with one attached hydrogen (secondary N) is 4. The standard InChI is InChI=1S/2C20H21ClN4O2S/c2*1-10(26)9-16-19(25-24-13(4)27)23-20-17(11(2)12(3)28-20)18(22-16)14-5-7-15(21)8-6-14/h2*5-8,16H,9H2,1-4H3,(H,23,25)(H,24,27)/t2*16-/m00/s1. The fourth-order valence-corrected chi connectivity index (χ4v) is 8.21. The number of carbonyl (C=O) groups is 4. The number of carbonyl (C=O) groups excluding carboxylic acids is 4. The number of ketones is 2. The number of nitrogens with zero attached hydrogens (tertiary/aromatic N) is 4. The summed E-state index contributed by atoms with van der Waals surface area (Å²) in [6, 6.07) is 13.8. The van der Waals surface area contributed by atoms with Gasteiger partial charge in [0.15, 0.2) is 0 Å². The quantitative estimate of drug-likeness (QED) is 0.145. The maximum atomic E-state index is 11.9. The van der Waals surface area contributed by atoms with Crippen LogP contribution in [0, 0.1) is 27.7 Å². The molecular weight excluding hydrogens is 792 g/mol. The average Bonchev–Trinajstić information content (AvgIpc) is 3.43. The van der Waals surface area contributed by atoms with Crippen molar-refractivity contribution in [2.24, 2.45) is 20.0 Å². The molecule has 4 aromatic rings. The van der Waals surface area contributed by atoms with Gasteiger partial charge in [-0.15, -0.1) is 22.7 Å². The van der Waals surface area contributed by atoms with Gasteiger partial charge in [0, 0.05) is 68.7 Å². The van der Waals surface area contributed by atoms with Crippen molar-refractivity contribution < 1.29 is 19.2 Å². The van der Waals surface area contributed by atoms with E-state index in [1.807, 2.05) is 76.2 Å². The third-order valence-corrected chi connectivity index (χ3v) is 11.5. The molecule has 0 saturated heterocycles. The van der Waals surface area contributed by atoms with E-state index < -0.39 is 12.1 Å². The Bertz CT molecular complexity index is 2150. The number of rotatable bonds is 6. The molecule has 2 aliphatic rings. The van der Waals surface area contributed by atoms with E-state index in [0.29, 0.717) is 21.7 Å². The minimum atomic E-state index is -0.533. The zero-order valence-electron chi connectivity index (χ0n) is 32.2. The molecule has 0 aliphatic carbocycles. The highest BCUT2D eigenvalue weighted by Crippen LogP contribution is 2.40. The summed E-state index contributed by atoms with van der Waals surface area (Å²) in [4.78, 5) is 68.1. The van der Waals surface area contributed by atoms with E-state index >= 15 is 0 Å². The van der Waals surface area contributed by atoms with Crippen LogP contribution in [0.1, 0.15) is 83.7 Å². The third-order valence-electron chi connectivity index (χ3n) is 8.78. The minimum absolute atomic E-state index is 0.0142. The smallest absolute Gasteiger partial charge is 0.235 e. The van der Waals surface area contributed by atoms with E-state index in [2.05, 4.69) is 21.7 Å². The van der Waals surface area contributed by atoms with Crippen molar-refractivity contribution in [1.82, 2.24) is 21.7 Å². The summed E-state index contributed by atoms with van der Waals surface area (Å²) >= 11 is 15.2. The van der Waals surface area contributed by atoms with E-state index in [0.717, 1.165) is 64.6 Å². The van der Waals surface area contributed by atoms with Gasteiger partial charge in [-0.3, -0.25) is 50.9 Å². The summed E-state index contributed by atoms with van der Waals surface area (Å²) in [5.41, 5.74) is 18.2. The molecule has 0 saturated carbocycles. The third kappa shape index (κ3) is 10.2. The maximum absolute atomic E-state index is 11.9. The predicted octanol–water partition coefficient (Wildman–Crippen LogP) is 7.78. The number of aliphatic imine (C=N–C) groups is 4. The van der Waals surface area contributed by atoms with Gasteiger partial charge in [0.05, 0.1) is 11.4 Å². The Morgan fingerprint density at radius 1 is 0.589 bits per heavy atom. The fraction of sp³-hybridized carbons (Fsp3) is 0.300. The summed E-state index contributed by atoms with van der Waals surface area (Å²) in [7, 11) is 0. The average molecular weight is 834 g/mol. The summed E-state index contributed by atoms with van der Waals surface area (Å²) in [6.07, 6.45) is 0.352. The van der Waals surface area contributed by atoms with Crippen molar-refractivity contribution in [2.45, 2.75) is 80.3 Å². The molecule has 2 aliphatic heterocycles. The molecule has 4 N–H and O–H groups in total. The zero-order valence-corrected chi connectivity index (χ0v) is 35.3. The molecule has 56 heavy (non-hydrogen) atoms. The lowest BCUT2D eigenvalue weighted by atomic mass is 9.99. The number of amidine groups is 2. The molecule has 0 unspecified atom stereocenters. The number of hydrogen-bond acceptors (Lipinski definition) is 12. The van der Waals surface area contributed by atoms with Gasteiger partial charge in [0.2, 0.25) is 11.8 Å². The van der Waals surface area contributed by atoms with Crippen LogP contribution in [0.5, 0.6) is 0 Å². The van der Waals surface area contributed by atoms with Crippen molar-refractivity contribution in [2.75, 3.05) is 0 Å². The van der Waals surface area contributed by atoms with Crippen molar-refractivity contribution in [3.63, 3.8) is 0 Å². The minimum Gasteiger partial charge on any atom is -0.300 e. The van der Waals surface area contributed by atoms with Gasteiger partial charge in [-0.25, -0.2) is 9.98 Å². The van der Waals surface area contributed by atoms with Crippen molar-refractivity contribution in [3.05, 3.63) is 102 Å². The summed E-state index contributed by atoms with van der Waals surface area (Å²) < 4.78 is 0. The number of thiophene rings is 2. The summed E-state index contributed by atoms with van der Waals surface area (Å²) in [6.45, 7) is 14.0. The van der Waals surface area contributed by atoms with Crippen LogP contribution in [0.3, 0.4) is 0 Å². The monoisotopic (exact) mass is 832 g/mol. The Balaban J connectivity index is 0.000000214. The highest BCUT2D eigenvalue weighted by Gasteiger charge is 2.30. The lowest BCUT2D eigenvalue weighted by Crippen LogP contribution is -2.45. The zero-order chi connectivity index (χ0) is 40.8. The topological polar surface area (TPSA) is 166 Å². The van der Waals surface area contributed by atoms with Gasteiger partial charge in [-0.2, -0.15) is 0 Å². The Kier molecular flexibility index (Phi) is 13.8. The number of benzene rings is 2. The number of aryl methyl sites for hydroxylation is 2. The van der Waals surface area contributed by atoms with Crippen molar-refractivity contribution >= 4 is 102 Å². The number of hydrazine groups is 2. The molecule has 2 aromatic heterocycles. The SMILES string of the molecule is CC(=O)C[C@@H]1N=C(c2ccc(Cl)cc2)c2c(sc(C)c2C)N=C1NNC(C)=O.CC(=O)C[C@@H]1N=C(c2ccc(Cl)cc2)c2c(sc(C)c2C)N=C1NNC(C)=O. The first kappa shape index (κ1) is 42.1. The lowest BCUT2D eigenvalue weighted by molar-refractivity contribution is -0.120. The molecule has 6 rings (SSSR count). The van der Waals surface area contributed by atoms with Crippen LogP contribution in [0.25, 0.3) is 0 Å². The predicted molar refractivity (Wildman–Crippen MR) is 228 cm³/mol. The lowest BCUT2D eigenvalue weighted by Gasteiger charge is -2.16. The molecule has 16 heteroatoms. The highest BCUT2D eigenvalue weighted by atomic mass is 35.5. The van der Waals surface area contributed by atoms with Gasteiger partial charge in [0.1, 0.15) is 45.3 Å². The second-order valence-corrected chi connectivity index (χ2v) is 16.6. The van der Waals surface area contributed by atoms with E-state index in [-0.39, 0.29) is 36.2 Å². The first-order valence-electron chi connectivity index (χ1n) is 17.6. The summed E-state index contributed by atoms with van der Waals surface area (Å²) in [5, 5.41) is 2.87. The van der Waals surface area contributed by atoms with Crippen molar-refractivity contribution in [1.29, 1.82) is 0 Å². The number of Topliss-reactive ketones (excluding diaryl/α,β-unsaturated/α-hetero) is 2. The number of amides is 2. The van der Waals surface area contributed by atoms with E-state index in [1.165, 1.54) is 27.7 Å².